The van der Waals surface area contributed by atoms with Gasteiger partial charge in [-0.1, -0.05) is 0 Å². The molecule has 0 spiro atoms. The van der Waals surface area contributed by atoms with E-state index < -0.39 is 5.97 Å². The largest absolute Gasteiger partial charge is 0.507 e. The van der Waals surface area contributed by atoms with E-state index >= 15 is 0 Å². The Kier molecular flexibility index (Phi) is 2.65. The van der Waals surface area contributed by atoms with Crippen LogP contribution < -0.4 is 4.74 Å². The van der Waals surface area contributed by atoms with Gasteiger partial charge in [0.1, 0.15) is 17.1 Å². The number of phenols is 1. The molecule has 0 unspecified atom stereocenters. The van der Waals surface area contributed by atoms with Crippen LogP contribution in [0.3, 0.4) is 0 Å². The average molecular weight is 196 g/mol. The van der Waals surface area contributed by atoms with Gasteiger partial charge in [0.05, 0.1) is 7.11 Å². The summed E-state index contributed by atoms with van der Waals surface area (Å²) in [6.07, 6.45) is 0. The molecular weight excluding hydrogens is 184 g/mol. The number of hydrogen-bond acceptors (Lipinski definition) is 3. The van der Waals surface area contributed by atoms with E-state index in [2.05, 4.69) is 0 Å². The van der Waals surface area contributed by atoms with E-state index in [-0.39, 0.29) is 11.3 Å². The average Bonchev–Trinajstić information content (AvgIpc) is 2.14. The summed E-state index contributed by atoms with van der Waals surface area (Å²) in [4.78, 5) is 10.7. The van der Waals surface area contributed by atoms with Crippen molar-refractivity contribution in [3.8, 4) is 11.5 Å². The molecule has 0 saturated heterocycles. The Morgan fingerprint density at radius 2 is 1.93 bits per heavy atom. The number of rotatable bonds is 2. The van der Waals surface area contributed by atoms with Crippen molar-refractivity contribution >= 4 is 5.97 Å². The molecule has 0 heterocycles. The van der Waals surface area contributed by atoms with Crippen molar-refractivity contribution in [2.45, 2.75) is 13.8 Å². The lowest BCUT2D eigenvalue weighted by Crippen LogP contribution is -2.01. The van der Waals surface area contributed by atoms with Crippen LogP contribution in [0.5, 0.6) is 11.5 Å². The van der Waals surface area contributed by atoms with Crippen LogP contribution >= 0.6 is 0 Å². The number of ether oxygens (including phenoxy) is 1. The number of carbonyl (C=O) groups is 1. The van der Waals surface area contributed by atoms with Crippen molar-refractivity contribution in [1.82, 2.24) is 0 Å². The first-order valence-electron chi connectivity index (χ1n) is 4.09. The second-order valence-electron chi connectivity index (χ2n) is 3.03. The van der Waals surface area contributed by atoms with Crippen LogP contribution in [0.25, 0.3) is 0 Å². The minimum atomic E-state index is -1.16. The molecule has 0 saturated carbocycles. The fourth-order valence-corrected chi connectivity index (χ4v) is 1.25. The monoisotopic (exact) mass is 196 g/mol. The van der Waals surface area contributed by atoms with Crippen molar-refractivity contribution in [3.63, 3.8) is 0 Å². The third kappa shape index (κ3) is 1.51. The van der Waals surface area contributed by atoms with Gasteiger partial charge in [-0.15, -0.1) is 0 Å². The Labute approximate surface area is 81.8 Å². The van der Waals surface area contributed by atoms with Gasteiger partial charge in [0.25, 0.3) is 0 Å². The molecule has 0 aliphatic rings. The fraction of sp³-hybridized carbons (Fsp3) is 0.300. The number of carboxylic acids is 1. The number of benzene rings is 1. The Hall–Kier alpha value is -1.71. The lowest BCUT2D eigenvalue weighted by Gasteiger charge is -2.11. The standard InChI is InChI=1S/C10H12O4/c1-5-6(2)9(11)7(10(12)13)4-8(5)14-3/h4,11H,1-3H3,(H,12,13). The molecular formula is C10H12O4. The van der Waals surface area contributed by atoms with Gasteiger partial charge in [-0.2, -0.15) is 0 Å². The summed E-state index contributed by atoms with van der Waals surface area (Å²) in [5.74, 6) is -0.891. The van der Waals surface area contributed by atoms with Crippen LogP contribution in [0.4, 0.5) is 0 Å². The fourth-order valence-electron chi connectivity index (χ4n) is 1.25. The van der Waals surface area contributed by atoms with Gasteiger partial charge in [-0.3, -0.25) is 0 Å². The zero-order valence-corrected chi connectivity index (χ0v) is 8.29. The summed E-state index contributed by atoms with van der Waals surface area (Å²) in [7, 11) is 1.46. The number of aromatic hydroxyl groups is 1. The highest BCUT2D eigenvalue weighted by Gasteiger charge is 2.16. The molecule has 1 aromatic rings. The molecule has 0 aliphatic heterocycles. The second kappa shape index (κ2) is 3.57. The Morgan fingerprint density at radius 3 is 2.36 bits per heavy atom. The predicted molar refractivity (Wildman–Crippen MR) is 51.1 cm³/mol. The minimum absolute atomic E-state index is 0.134. The quantitative estimate of drug-likeness (QED) is 0.755. The molecule has 0 bridgehead atoms. The first-order chi connectivity index (χ1) is 6.49. The van der Waals surface area contributed by atoms with E-state index in [4.69, 9.17) is 9.84 Å². The van der Waals surface area contributed by atoms with E-state index in [1.54, 1.807) is 13.8 Å². The van der Waals surface area contributed by atoms with E-state index in [1.807, 2.05) is 0 Å². The van der Waals surface area contributed by atoms with E-state index in [0.717, 1.165) is 5.56 Å². The van der Waals surface area contributed by atoms with Gasteiger partial charge in [0, 0.05) is 0 Å². The number of carboxylic acid groups (broad SMARTS) is 1. The van der Waals surface area contributed by atoms with Crippen molar-refractivity contribution < 1.29 is 19.7 Å². The summed E-state index contributed by atoms with van der Waals surface area (Å²) in [6, 6.07) is 1.32. The molecule has 0 aliphatic carbocycles. The third-order valence-corrected chi connectivity index (χ3v) is 2.27. The molecule has 4 heteroatoms. The molecule has 0 aromatic heterocycles. The maximum Gasteiger partial charge on any atom is 0.339 e. The van der Waals surface area contributed by atoms with Gasteiger partial charge < -0.3 is 14.9 Å². The topological polar surface area (TPSA) is 66.8 Å². The highest BCUT2D eigenvalue weighted by molar-refractivity contribution is 5.92. The van der Waals surface area contributed by atoms with Crippen molar-refractivity contribution in [2.24, 2.45) is 0 Å². The van der Waals surface area contributed by atoms with Gasteiger partial charge in [0.2, 0.25) is 0 Å². The van der Waals surface area contributed by atoms with Crippen LogP contribution in [0, 0.1) is 13.8 Å². The lowest BCUT2D eigenvalue weighted by molar-refractivity contribution is 0.0693. The normalized spacial score (nSPS) is 9.93. The highest BCUT2D eigenvalue weighted by atomic mass is 16.5. The molecule has 14 heavy (non-hydrogen) atoms. The summed E-state index contributed by atoms with van der Waals surface area (Å²) >= 11 is 0. The Morgan fingerprint density at radius 1 is 1.36 bits per heavy atom. The molecule has 0 atom stereocenters. The smallest absolute Gasteiger partial charge is 0.339 e. The predicted octanol–water partition coefficient (Wildman–Crippen LogP) is 1.72. The zero-order valence-electron chi connectivity index (χ0n) is 8.29. The molecule has 0 amide bonds. The van der Waals surface area contributed by atoms with Crippen LogP contribution in [-0.2, 0) is 0 Å². The molecule has 1 aromatic carbocycles. The van der Waals surface area contributed by atoms with E-state index in [1.165, 1.54) is 13.2 Å². The number of methoxy groups -OCH3 is 1. The molecule has 4 nitrogen and oxygen atoms in total. The first-order valence-corrected chi connectivity index (χ1v) is 4.09. The summed E-state index contributed by atoms with van der Waals surface area (Å²) in [5.41, 5.74) is 1.14. The van der Waals surface area contributed by atoms with Gasteiger partial charge in [-0.25, -0.2) is 4.79 Å². The highest BCUT2D eigenvalue weighted by Crippen LogP contribution is 2.32. The Balaban J connectivity index is 3.48. The number of hydrogen-bond donors (Lipinski definition) is 2. The van der Waals surface area contributed by atoms with E-state index in [9.17, 15) is 9.90 Å². The number of aromatic carboxylic acids is 1. The second-order valence-corrected chi connectivity index (χ2v) is 3.03. The first kappa shape index (κ1) is 10.4. The minimum Gasteiger partial charge on any atom is -0.507 e. The van der Waals surface area contributed by atoms with Crippen LogP contribution in [0.15, 0.2) is 6.07 Å². The third-order valence-electron chi connectivity index (χ3n) is 2.27. The molecule has 2 N–H and O–H groups in total. The maximum atomic E-state index is 10.7. The molecule has 1 rings (SSSR count). The van der Waals surface area contributed by atoms with Crippen molar-refractivity contribution in [2.75, 3.05) is 7.11 Å². The Bertz CT molecular complexity index is 382. The van der Waals surface area contributed by atoms with Gasteiger partial charge in [-0.05, 0) is 31.0 Å². The van der Waals surface area contributed by atoms with E-state index in [0.29, 0.717) is 11.3 Å². The molecule has 0 radical (unpaired) electrons. The van der Waals surface area contributed by atoms with Crippen LogP contribution in [-0.4, -0.2) is 23.3 Å². The van der Waals surface area contributed by atoms with Crippen LogP contribution in [0.1, 0.15) is 21.5 Å². The SMILES string of the molecule is COc1cc(C(=O)O)c(O)c(C)c1C. The zero-order chi connectivity index (χ0) is 10.9. The van der Waals surface area contributed by atoms with Crippen molar-refractivity contribution in [3.05, 3.63) is 22.8 Å². The summed E-state index contributed by atoms with van der Waals surface area (Å²) < 4.78 is 5.00. The summed E-state index contributed by atoms with van der Waals surface area (Å²) in [5, 5.41) is 18.3. The molecule has 76 valence electrons. The molecule has 0 fully saturated rings. The lowest BCUT2D eigenvalue weighted by atomic mass is 10.0. The van der Waals surface area contributed by atoms with Crippen molar-refractivity contribution in [1.29, 1.82) is 0 Å². The van der Waals surface area contributed by atoms with Crippen LogP contribution in [0.2, 0.25) is 0 Å². The maximum absolute atomic E-state index is 10.7. The van der Waals surface area contributed by atoms with Gasteiger partial charge in [0.15, 0.2) is 0 Å². The summed E-state index contributed by atoms with van der Waals surface area (Å²) in [6.45, 7) is 3.42. The van der Waals surface area contributed by atoms with Gasteiger partial charge >= 0.3 is 5.97 Å².